The van der Waals surface area contributed by atoms with Gasteiger partial charge in [0.1, 0.15) is 11.3 Å². The summed E-state index contributed by atoms with van der Waals surface area (Å²) in [5.41, 5.74) is 0.789. The van der Waals surface area contributed by atoms with Gasteiger partial charge in [0.05, 0.1) is 27.4 Å². The molecular formula is C19H21F3IN3O2. The number of nitrogens with zero attached hydrogens (tertiary/aromatic N) is 3. The van der Waals surface area contributed by atoms with Gasteiger partial charge in [-0.15, -0.1) is 0 Å². The molecule has 0 radical (unpaired) electrons. The number of carbonyl (C=O) groups excluding carboxylic acids is 1. The maximum absolute atomic E-state index is 12.8. The van der Waals surface area contributed by atoms with Crippen LogP contribution in [0, 0.1) is 3.57 Å². The summed E-state index contributed by atoms with van der Waals surface area (Å²) in [4.78, 5) is 14.2. The first-order valence-electron chi connectivity index (χ1n) is 8.82. The summed E-state index contributed by atoms with van der Waals surface area (Å²) >= 11 is 2.14. The van der Waals surface area contributed by atoms with E-state index in [0.29, 0.717) is 24.3 Å². The van der Waals surface area contributed by atoms with Gasteiger partial charge in [-0.05, 0) is 62.4 Å². The number of aromatic nitrogens is 2. The van der Waals surface area contributed by atoms with Crippen LogP contribution in [0.5, 0.6) is 0 Å². The Bertz CT molecular complexity index is 886. The minimum absolute atomic E-state index is 0.258. The molecule has 0 saturated heterocycles. The van der Waals surface area contributed by atoms with Gasteiger partial charge in [-0.3, -0.25) is 9.58 Å². The van der Waals surface area contributed by atoms with E-state index in [2.05, 4.69) is 27.7 Å². The zero-order chi connectivity index (χ0) is 20.9. The molecule has 1 unspecified atom stereocenters. The standard InChI is InChI=1S/C19H21F3IN3O2/c1-11-16-14(23)15(12-5-7-13(8-6-12)19(20,21)22)24-26(16)10-9-25(11)17(27)28-18(2,3)4/h5-8,11H,9-10H2,1-4H3. The minimum atomic E-state index is -4.37. The van der Waals surface area contributed by atoms with E-state index in [1.807, 2.05) is 32.4 Å². The second-order valence-electron chi connectivity index (χ2n) is 7.70. The van der Waals surface area contributed by atoms with Gasteiger partial charge in [0.2, 0.25) is 0 Å². The summed E-state index contributed by atoms with van der Waals surface area (Å²) in [6, 6.07) is 4.71. The van der Waals surface area contributed by atoms with Gasteiger partial charge in [0.15, 0.2) is 0 Å². The molecule has 1 atom stereocenters. The summed E-state index contributed by atoms with van der Waals surface area (Å²) in [6.07, 6.45) is -4.76. The Morgan fingerprint density at radius 1 is 1.18 bits per heavy atom. The van der Waals surface area contributed by atoms with Crippen LogP contribution in [-0.2, 0) is 17.5 Å². The number of carbonyl (C=O) groups is 1. The van der Waals surface area contributed by atoms with Crippen LogP contribution in [0.4, 0.5) is 18.0 Å². The fourth-order valence-electron chi connectivity index (χ4n) is 3.14. The molecule has 3 rings (SSSR count). The molecule has 0 aliphatic carbocycles. The molecule has 1 aliphatic rings. The monoisotopic (exact) mass is 507 g/mol. The molecule has 2 aromatic rings. The number of benzene rings is 1. The Balaban J connectivity index is 1.91. The highest BCUT2D eigenvalue weighted by Gasteiger charge is 2.35. The lowest BCUT2D eigenvalue weighted by Crippen LogP contribution is -2.44. The van der Waals surface area contributed by atoms with Gasteiger partial charge >= 0.3 is 12.3 Å². The lowest BCUT2D eigenvalue weighted by Gasteiger charge is -2.35. The van der Waals surface area contributed by atoms with Crippen molar-refractivity contribution in [3.63, 3.8) is 0 Å². The topological polar surface area (TPSA) is 47.4 Å². The van der Waals surface area contributed by atoms with Crippen molar-refractivity contribution in [3.05, 3.63) is 39.1 Å². The van der Waals surface area contributed by atoms with E-state index < -0.39 is 17.3 Å². The molecule has 1 amide bonds. The van der Waals surface area contributed by atoms with Crippen LogP contribution in [0.3, 0.4) is 0 Å². The average Bonchev–Trinajstić information content (AvgIpc) is 2.90. The number of hydrogen-bond acceptors (Lipinski definition) is 3. The second-order valence-corrected chi connectivity index (χ2v) is 8.77. The van der Waals surface area contributed by atoms with Crippen LogP contribution >= 0.6 is 22.6 Å². The van der Waals surface area contributed by atoms with Crippen molar-refractivity contribution in [2.45, 2.75) is 52.1 Å². The zero-order valence-corrected chi connectivity index (χ0v) is 18.1. The number of alkyl halides is 3. The molecule has 1 aromatic carbocycles. The van der Waals surface area contributed by atoms with Crippen LogP contribution in [0.1, 0.15) is 45.0 Å². The van der Waals surface area contributed by atoms with Crippen LogP contribution < -0.4 is 0 Å². The van der Waals surface area contributed by atoms with Gasteiger partial charge in [-0.25, -0.2) is 4.79 Å². The summed E-state index contributed by atoms with van der Waals surface area (Å²) < 4.78 is 46.5. The van der Waals surface area contributed by atoms with Crippen LogP contribution in [0.2, 0.25) is 0 Å². The Morgan fingerprint density at radius 3 is 2.32 bits per heavy atom. The van der Waals surface area contributed by atoms with Crippen molar-refractivity contribution in [3.8, 4) is 11.3 Å². The minimum Gasteiger partial charge on any atom is -0.444 e. The molecule has 5 nitrogen and oxygen atoms in total. The van der Waals surface area contributed by atoms with Gasteiger partial charge < -0.3 is 4.74 Å². The van der Waals surface area contributed by atoms with Crippen molar-refractivity contribution in [1.82, 2.24) is 14.7 Å². The van der Waals surface area contributed by atoms with E-state index in [9.17, 15) is 18.0 Å². The van der Waals surface area contributed by atoms with E-state index in [0.717, 1.165) is 21.4 Å². The Hall–Kier alpha value is -1.78. The highest BCUT2D eigenvalue weighted by atomic mass is 127. The maximum atomic E-state index is 12.8. The smallest absolute Gasteiger partial charge is 0.416 e. The first-order valence-corrected chi connectivity index (χ1v) is 9.90. The molecule has 0 fully saturated rings. The third kappa shape index (κ3) is 4.13. The van der Waals surface area contributed by atoms with Crippen LogP contribution in [0.15, 0.2) is 24.3 Å². The zero-order valence-electron chi connectivity index (χ0n) is 16.0. The maximum Gasteiger partial charge on any atom is 0.416 e. The van der Waals surface area contributed by atoms with E-state index >= 15 is 0 Å². The average molecular weight is 507 g/mol. The molecule has 1 aromatic heterocycles. The number of halogens is 4. The van der Waals surface area contributed by atoms with Crippen LogP contribution in [0.25, 0.3) is 11.3 Å². The molecule has 28 heavy (non-hydrogen) atoms. The van der Waals surface area contributed by atoms with E-state index in [-0.39, 0.29) is 12.1 Å². The molecule has 152 valence electrons. The Morgan fingerprint density at radius 2 is 1.79 bits per heavy atom. The second kappa shape index (κ2) is 7.23. The largest absolute Gasteiger partial charge is 0.444 e. The lowest BCUT2D eigenvalue weighted by atomic mass is 10.1. The van der Waals surface area contributed by atoms with Crippen molar-refractivity contribution < 1.29 is 22.7 Å². The van der Waals surface area contributed by atoms with E-state index in [4.69, 9.17) is 4.74 Å². The third-order valence-electron chi connectivity index (χ3n) is 4.46. The fraction of sp³-hybridized carbons (Fsp3) is 0.474. The van der Waals surface area contributed by atoms with E-state index in [1.165, 1.54) is 12.1 Å². The Labute approximate surface area is 175 Å². The van der Waals surface area contributed by atoms with Crippen molar-refractivity contribution in [2.24, 2.45) is 0 Å². The molecular weight excluding hydrogens is 486 g/mol. The number of fused-ring (bicyclic) bond motifs is 1. The molecule has 0 bridgehead atoms. The normalized spacial score (nSPS) is 17.4. The fourth-order valence-corrected chi connectivity index (χ4v) is 4.29. The van der Waals surface area contributed by atoms with Crippen molar-refractivity contribution in [1.29, 1.82) is 0 Å². The van der Waals surface area contributed by atoms with Gasteiger partial charge in [0, 0.05) is 12.1 Å². The summed E-state index contributed by atoms with van der Waals surface area (Å²) in [6.45, 7) is 8.29. The van der Waals surface area contributed by atoms with Crippen LogP contribution in [-0.4, -0.2) is 32.9 Å². The molecule has 0 spiro atoms. The number of ether oxygens (including phenoxy) is 1. The lowest BCUT2D eigenvalue weighted by molar-refractivity contribution is -0.137. The van der Waals surface area contributed by atoms with Gasteiger partial charge in [-0.1, -0.05) is 12.1 Å². The van der Waals surface area contributed by atoms with E-state index in [1.54, 1.807) is 4.90 Å². The highest BCUT2D eigenvalue weighted by molar-refractivity contribution is 14.1. The van der Waals surface area contributed by atoms with Crippen molar-refractivity contribution in [2.75, 3.05) is 6.54 Å². The highest BCUT2D eigenvalue weighted by Crippen LogP contribution is 2.37. The predicted molar refractivity (Wildman–Crippen MR) is 107 cm³/mol. The predicted octanol–water partition coefficient (Wildman–Crippen LogP) is 5.49. The summed E-state index contributed by atoms with van der Waals surface area (Å²) in [7, 11) is 0. The van der Waals surface area contributed by atoms with Gasteiger partial charge in [-0.2, -0.15) is 18.3 Å². The SMILES string of the molecule is CC1c2c(I)c(-c3ccc(C(F)(F)F)cc3)nn2CCN1C(=O)OC(C)(C)C. The molecule has 0 saturated carbocycles. The Kier molecular flexibility index (Phi) is 5.41. The first kappa shape index (κ1) is 20.9. The molecule has 9 heteroatoms. The van der Waals surface area contributed by atoms with Gasteiger partial charge in [0.25, 0.3) is 0 Å². The van der Waals surface area contributed by atoms with Crippen molar-refractivity contribution >= 4 is 28.7 Å². The molecule has 0 N–H and O–H groups in total. The third-order valence-corrected chi connectivity index (χ3v) is 5.52. The quantitative estimate of drug-likeness (QED) is 0.480. The summed E-state index contributed by atoms with van der Waals surface area (Å²) in [5, 5.41) is 4.58. The number of amides is 1. The number of rotatable bonds is 1. The molecule has 2 heterocycles. The summed E-state index contributed by atoms with van der Waals surface area (Å²) in [5.74, 6) is 0. The number of hydrogen-bond donors (Lipinski definition) is 0. The molecule has 1 aliphatic heterocycles. The first-order chi connectivity index (χ1) is 12.9.